The van der Waals surface area contributed by atoms with E-state index in [1.807, 2.05) is 29.3 Å². The predicted molar refractivity (Wildman–Crippen MR) is 93.9 cm³/mol. The summed E-state index contributed by atoms with van der Waals surface area (Å²) in [6.45, 7) is 4.31. The molecule has 1 aromatic carbocycles. The van der Waals surface area contributed by atoms with E-state index in [-0.39, 0.29) is 11.9 Å². The molecule has 0 aliphatic carbocycles. The van der Waals surface area contributed by atoms with Gasteiger partial charge in [0.1, 0.15) is 5.65 Å². The zero-order valence-electron chi connectivity index (χ0n) is 13.6. The predicted octanol–water partition coefficient (Wildman–Crippen LogP) is 2.66. The molecular weight excluding hydrogens is 300 g/mol. The fraction of sp³-hybridized carbons (Fsp3) is 0.263. The second-order valence-corrected chi connectivity index (χ2v) is 6.21. The minimum absolute atomic E-state index is 0.0714. The lowest BCUT2D eigenvalue weighted by Crippen LogP contribution is -2.48. The van der Waals surface area contributed by atoms with Gasteiger partial charge in [0.05, 0.1) is 11.6 Å². The molecule has 0 spiro atoms. The minimum Gasteiger partial charge on any atom is -0.346 e. The van der Waals surface area contributed by atoms with E-state index in [0.717, 1.165) is 24.1 Å². The van der Waals surface area contributed by atoms with Gasteiger partial charge in [-0.25, -0.2) is 4.98 Å². The number of carbonyl (C=O) groups excluding carboxylic acids is 1. The van der Waals surface area contributed by atoms with Crippen LogP contribution < -0.4 is 5.32 Å². The maximum absolute atomic E-state index is 13.0. The SMILES string of the molecule is Cc1ccccc1C1CN(C(=O)c2ccnc3[nH]ccc23)CCN1. The van der Waals surface area contributed by atoms with E-state index < -0.39 is 0 Å². The van der Waals surface area contributed by atoms with Crippen LogP contribution in [0.4, 0.5) is 0 Å². The van der Waals surface area contributed by atoms with Crippen LogP contribution in [0.1, 0.15) is 27.5 Å². The van der Waals surface area contributed by atoms with E-state index in [4.69, 9.17) is 0 Å². The fourth-order valence-electron chi connectivity index (χ4n) is 3.44. The van der Waals surface area contributed by atoms with Crippen molar-refractivity contribution in [1.29, 1.82) is 0 Å². The highest BCUT2D eigenvalue weighted by Gasteiger charge is 2.26. The van der Waals surface area contributed by atoms with Crippen molar-refractivity contribution in [2.75, 3.05) is 19.6 Å². The van der Waals surface area contributed by atoms with Crippen molar-refractivity contribution in [2.24, 2.45) is 0 Å². The zero-order valence-corrected chi connectivity index (χ0v) is 13.6. The Morgan fingerprint density at radius 3 is 3.00 bits per heavy atom. The summed E-state index contributed by atoms with van der Waals surface area (Å²) >= 11 is 0. The molecule has 0 saturated carbocycles. The number of H-pyrrole nitrogens is 1. The van der Waals surface area contributed by atoms with Crippen LogP contribution in [-0.4, -0.2) is 40.4 Å². The van der Waals surface area contributed by atoms with Crippen molar-refractivity contribution in [3.05, 3.63) is 65.5 Å². The molecule has 1 atom stereocenters. The lowest BCUT2D eigenvalue weighted by Gasteiger charge is -2.34. The van der Waals surface area contributed by atoms with Gasteiger partial charge in [-0.2, -0.15) is 0 Å². The van der Waals surface area contributed by atoms with Crippen LogP contribution in [0.3, 0.4) is 0 Å². The number of aryl methyl sites for hydroxylation is 1. The third-order valence-electron chi connectivity index (χ3n) is 4.72. The molecule has 0 radical (unpaired) electrons. The van der Waals surface area contributed by atoms with Crippen LogP contribution >= 0.6 is 0 Å². The molecule has 2 aromatic heterocycles. The van der Waals surface area contributed by atoms with E-state index >= 15 is 0 Å². The molecule has 2 N–H and O–H groups in total. The average molecular weight is 320 g/mol. The van der Waals surface area contributed by atoms with Gasteiger partial charge in [-0.15, -0.1) is 0 Å². The van der Waals surface area contributed by atoms with Crippen molar-refractivity contribution in [1.82, 2.24) is 20.2 Å². The van der Waals surface area contributed by atoms with Gasteiger partial charge in [0.15, 0.2) is 0 Å². The topological polar surface area (TPSA) is 61.0 Å². The Labute approximate surface area is 140 Å². The third-order valence-corrected chi connectivity index (χ3v) is 4.72. The number of aromatic amines is 1. The summed E-state index contributed by atoms with van der Waals surface area (Å²) in [5.74, 6) is 0.0714. The van der Waals surface area contributed by atoms with Crippen LogP contribution in [0.2, 0.25) is 0 Å². The molecule has 24 heavy (non-hydrogen) atoms. The highest BCUT2D eigenvalue weighted by Crippen LogP contribution is 2.23. The van der Waals surface area contributed by atoms with Crippen LogP contribution in [0.15, 0.2) is 48.8 Å². The molecule has 122 valence electrons. The normalized spacial score (nSPS) is 18.0. The number of hydrogen-bond donors (Lipinski definition) is 2. The number of rotatable bonds is 2. The van der Waals surface area contributed by atoms with Gasteiger partial charge in [-0.05, 0) is 30.2 Å². The van der Waals surface area contributed by atoms with Crippen molar-refractivity contribution in [3.8, 4) is 0 Å². The first-order chi connectivity index (χ1) is 11.7. The van der Waals surface area contributed by atoms with Gasteiger partial charge in [-0.3, -0.25) is 4.79 Å². The molecular formula is C19H20N4O. The third kappa shape index (κ3) is 2.57. The largest absolute Gasteiger partial charge is 0.346 e. The second-order valence-electron chi connectivity index (χ2n) is 6.21. The molecule has 1 aliphatic rings. The van der Waals surface area contributed by atoms with E-state index in [1.54, 1.807) is 6.20 Å². The quantitative estimate of drug-likeness (QED) is 0.763. The summed E-state index contributed by atoms with van der Waals surface area (Å²) in [5.41, 5.74) is 3.98. The number of aromatic nitrogens is 2. The molecule has 3 heterocycles. The summed E-state index contributed by atoms with van der Waals surface area (Å²) in [6.07, 6.45) is 3.51. The molecule has 1 fully saturated rings. The Hall–Kier alpha value is -2.66. The highest BCUT2D eigenvalue weighted by atomic mass is 16.2. The average Bonchev–Trinajstić information content (AvgIpc) is 3.10. The fourth-order valence-corrected chi connectivity index (χ4v) is 3.44. The van der Waals surface area contributed by atoms with Crippen molar-refractivity contribution >= 4 is 16.9 Å². The standard InChI is InChI=1S/C19H20N4O/c1-13-4-2-3-5-14(13)17-12-23(11-10-20-17)19(24)16-7-9-22-18-15(16)6-8-21-18/h2-9,17,20H,10-12H2,1H3,(H,21,22). The Kier molecular flexibility index (Phi) is 3.78. The first-order valence-corrected chi connectivity index (χ1v) is 8.24. The number of nitrogens with zero attached hydrogens (tertiary/aromatic N) is 2. The number of nitrogens with one attached hydrogen (secondary N) is 2. The lowest BCUT2D eigenvalue weighted by molar-refractivity contribution is 0.0704. The molecule has 1 unspecified atom stereocenters. The van der Waals surface area contributed by atoms with Gasteiger partial charge in [0, 0.05) is 37.4 Å². The van der Waals surface area contributed by atoms with E-state index in [2.05, 4.69) is 40.4 Å². The first kappa shape index (κ1) is 14.9. The minimum atomic E-state index is 0.0714. The summed E-state index contributed by atoms with van der Waals surface area (Å²) in [7, 11) is 0. The maximum atomic E-state index is 13.0. The number of pyridine rings is 1. The Morgan fingerprint density at radius 1 is 1.25 bits per heavy atom. The molecule has 1 saturated heterocycles. The molecule has 1 aliphatic heterocycles. The summed E-state index contributed by atoms with van der Waals surface area (Å²) < 4.78 is 0. The van der Waals surface area contributed by atoms with Crippen molar-refractivity contribution < 1.29 is 4.79 Å². The van der Waals surface area contributed by atoms with Crippen LogP contribution in [-0.2, 0) is 0 Å². The molecule has 5 heteroatoms. The summed E-state index contributed by atoms with van der Waals surface area (Å²) in [6, 6.07) is 12.2. The van der Waals surface area contributed by atoms with Gasteiger partial charge >= 0.3 is 0 Å². The van der Waals surface area contributed by atoms with Crippen LogP contribution in [0.25, 0.3) is 11.0 Å². The second kappa shape index (κ2) is 6.09. The summed E-state index contributed by atoms with van der Waals surface area (Å²) in [5, 5.41) is 4.42. The van der Waals surface area contributed by atoms with Gasteiger partial charge in [0.2, 0.25) is 0 Å². The molecule has 1 amide bonds. The smallest absolute Gasteiger partial charge is 0.254 e. The molecule has 5 nitrogen and oxygen atoms in total. The van der Waals surface area contributed by atoms with E-state index in [0.29, 0.717) is 12.1 Å². The summed E-state index contributed by atoms with van der Waals surface area (Å²) in [4.78, 5) is 22.3. The zero-order chi connectivity index (χ0) is 16.5. The van der Waals surface area contributed by atoms with Crippen molar-refractivity contribution in [2.45, 2.75) is 13.0 Å². The van der Waals surface area contributed by atoms with E-state index in [9.17, 15) is 4.79 Å². The number of fused-ring (bicyclic) bond motifs is 1. The van der Waals surface area contributed by atoms with Gasteiger partial charge in [-0.1, -0.05) is 24.3 Å². The van der Waals surface area contributed by atoms with Gasteiger partial charge < -0.3 is 15.2 Å². The molecule has 0 bridgehead atoms. The van der Waals surface area contributed by atoms with Crippen LogP contribution in [0, 0.1) is 6.92 Å². The molecule has 3 aromatic rings. The lowest BCUT2D eigenvalue weighted by atomic mass is 9.99. The van der Waals surface area contributed by atoms with Crippen LogP contribution in [0.5, 0.6) is 0 Å². The number of piperazine rings is 1. The Morgan fingerprint density at radius 2 is 2.12 bits per heavy atom. The van der Waals surface area contributed by atoms with Crippen molar-refractivity contribution in [3.63, 3.8) is 0 Å². The number of benzene rings is 1. The monoisotopic (exact) mass is 320 g/mol. The molecule has 4 rings (SSSR count). The maximum Gasteiger partial charge on any atom is 0.254 e. The Bertz CT molecular complexity index is 886. The van der Waals surface area contributed by atoms with Gasteiger partial charge in [0.25, 0.3) is 5.91 Å². The van der Waals surface area contributed by atoms with E-state index in [1.165, 1.54) is 11.1 Å². The first-order valence-electron chi connectivity index (χ1n) is 8.24. The number of amides is 1. The number of hydrogen-bond acceptors (Lipinski definition) is 3. The highest BCUT2D eigenvalue weighted by molar-refractivity contribution is 6.05. The Balaban J connectivity index is 1.61. The number of carbonyl (C=O) groups is 1.